The maximum Gasteiger partial charge on any atom is 0.251 e. The van der Waals surface area contributed by atoms with Gasteiger partial charge in [0.1, 0.15) is 12.3 Å². The van der Waals surface area contributed by atoms with Crippen molar-refractivity contribution >= 4 is 11.8 Å². The Bertz CT molecular complexity index is 949. The number of ether oxygens (including phenoxy) is 1. The van der Waals surface area contributed by atoms with Crippen molar-refractivity contribution in [2.45, 2.75) is 26.8 Å². The van der Waals surface area contributed by atoms with Gasteiger partial charge >= 0.3 is 0 Å². The summed E-state index contributed by atoms with van der Waals surface area (Å²) in [4.78, 5) is 28.2. The molecule has 6 nitrogen and oxygen atoms in total. The van der Waals surface area contributed by atoms with Crippen molar-refractivity contribution in [1.29, 1.82) is 0 Å². The standard InChI is InChI=1S/C24H29N3O3/c1-17-3-5-21(13-18(17)2)24(29)25-15-23(28)27-10-8-26(9-11-27)16-19-4-6-22-20(14-19)7-12-30-22/h3-6,13-14H,7-12,15-16H2,1-2H3,(H,25,29)/p+1. The van der Waals surface area contributed by atoms with Crippen molar-refractivity contribution < 1.29 is 19.2 Å². The van der Waals surface area contributed by atoms with Gasteiger partial charge < -0.3 is 19.9 Å². The normalized spacial score (nSPS) is 16.1. The lowest BCUT2D eigenvalue weighted by Crippen LogP contribution is -3.13. The molecule has 2 amide bonds. The van der Waals surface area contributed by atoms with E-state index < -0.39 is 0 Å². The van der Waals surface area contributed by atoms with Gasteiger partial charge in [0.25, 0.3) is 5.91 Å². The van der Waals surface area contributed by atoms with E-state index in [4.69, 9.17) is 4.74 Å². The van der Waals surface area contributed by atoms with Crippen LogP contribution in [0.25, 0.3) is 0 Å². The quantitative estimate of drug-likeness (QED) is 0.773. The highest BCUT2D eigenvalue weighted by atomic mass is 16.5. The van der Waals surface area contributed by atoms with Gasteiger partial charge in [-0.05, 0) is 60.9 Å². The number of hydrogen-bond acceptors (Lipinski definition) is 3. The van der Waals surface area contributed by atoms with Gasteiger partial charge in [-0.3, -0.25) is 9.59 Å². The molecule has 6 heteroatoms. The van der Waals surface area contributed by atoms with Crippen LogP contribution in [0.1, 0.15) is 32.6 Å². The minimum absolute atomic E-state index is 0.0130. The molecule has 0 bridgehead atoms. The summed E-state index contributed by atoms with van der Waals surface area (Å²) in [7, 11) is 0. The van der Waals surface area contributed by atoms with E-state index in [-0.39, 0.29) is 18.4 Å². The second-order valence-corrected chi connectivity index (χ2v) is 8.33. The van der Waals surface area contributed by atoms with Crippen molar-refractivity contribution in [3.63, 3.8) is 0 Å². The minimum atomic E-state index is -0.198. The van der Waals surface area contributed by atoms with Crippen molar-refractivity contribution in [3.05, 3.63) is 64.2 Å². The van der Waals surface area contributed by atoms with E-state index in [0.29, 0.717) is 5.56 Å². The molecule has 0 saturated carbocycles. The maximum absolute atomic E-state index is 12.5. The van der Waals surface area contributed by atoms with Gasteiger partial charge in [0.2, 0.25) is 5.91 Å². The zero-order valence-corrected chi connectivity index (χ0v) is 17.8. The number of nitrogens with one attached hydrogen (secondary N) is 2. The van der Waals surface area contributed by atoms with Crippen LogP contribution in [-0.2, 0) is 17.8 Å². The van der Waals surface area contributed by atoms with E-state index in [2.05, 4.69) is 23.5 Å². The number of benzene rings is 2. The average Bonchev–Trinajstić information content (AvgIpc) is 3.22. The Morgan fingerprint density at radius 2 is 1.87 bits per heavy atom. The van der Waals surface area contributed by atoms with Crippen molar-refractivity contribution in [3.8, 4) is 5.75 Å². The van der Waals surface area contributed by atoms with E-state index in [1.165, 1.54) is 16.0 Å². The molecule has 4 rings (SSSR count). The number of amides is 2. The molecule has 30 heavy (non-hydrogen) atoms. The fraction of sp³-hybridized carbons (Fsp3) is 0.417. The Labute approximate surface area is 177 Å². The third-order valence-corrected chi connectivity index (χ3v) is 6.20. The summed E-state index contributed by atoms with van der Waals surface area (Å²) >= 11 is 0. The molecule has 0 aromatic heterocycles. The van der Waals surface area contributed by atoms with Crippen molar-refractivity contribution in [2.75, 3.05) is 39.3 Å². The molecule has 1 saturated heterocycles. The molecule has 2 aromatic carbocycles. The fourth-order valence-electron chi connectivity index (χ4n) is 4.14. The third kappa shape index (κ3) is 4.65. The predicted molar refractivity (Wildman–Crippen MR) is 115 cm³/mol. The number of carbonyl (C=O) groups excluding carboxylic acids is 2. The Hall–Kier alpha value is -2.86. The first-order valence-electron chi connectivity index (χ1n) is 10.7. The van der Waals surface area contributed by atoms with Crippen LogP contribution in [0.5, 0.6) is 5.75 Å². The highest BCUT2D eigenvalue weighted by Crippen LogP contribution is 2.25. The number of aryl methyl sites for hydroxylation is 2. The van der Waals surface area contributed by atoms with Gasteiger partial charge in [0.15, 0.2) is 0 Å². The number of quaternary nitrogens is 1. The number of piperazine rings is 1. The van der Waals surface area contributed by atoms with Gasteiger partial charge in [0.05, 0.1) is 39.3 Å². The Morgan fingerprint density at radius 3 is 2.63 bits per heavy atom. The first-order valence-corrected chi connectivity index (χ1v) is 10.7. The highest BCUT2D eigenvalue weighted by molar-refractivity contribution is 5.96. The molecule has 0 atom stereocenters. The number of rotatable bonds is 5. The van der Waals surface area contributed by atoms with Gasteiger partial charge in [-0.15, -0.1) is 0 Å². The summed E-state index contributed by atoms with van der Waals surface area (Å²) in [5.41, 5.74) is 5.45. The zero-order valence-electron chi connectivity index (χ0n) is 17.8. The Morgan fingerprint density at radius 1 is 1.07 bits per heavy atom. The Balaban J connectivity index is 1.23. The molecular weight excluding hydrogens is 378 g/mol. The molecule has 1 fully saturated rings. The first kappa shape index (κ1) is 20.4. The molecule has 2 aromatic rings. The number of fused-ring (bicyclic) bond motifs is 1. The molecule has 2 N–H and O–H groups in total. The molecule has 2 heterocycles. The lowest BCUT2D eigenvalue weighted by Gasteiger charge is -2.32. The van der Waals surface area contributed by atoms with Crippen LogP contribution in [0, 0.1) is 13.8 Å². The van der Waals surface area contributed by atoms with Crippen LogP contribution in [0.15, 0.2) is 36.4 Å². The minimum Gasteiger partial charge on any atom is -0.493 e. The number of hydrogen-bond donors (Lipinski definition) is 2. The SMILES string of the molecule is Cc1ccc(C(=O)NCC(=O)N2CC[NH+](Cc3ccc4c(c3)CCO4)CC2)cc1C. The van der Waals surface area contributed by atoms with E-state index >= 15 is 0 Å². The lowest BCUT2D eigenvalue weighted by molar-refractivity contribution is -0.917. The molecule has 0 unspecified atom stereocenters. The third-order valence-electron chi connectivity index (χ3n) is 6.20. The topological polar surface area (TPSA) is 63.1 Å². The van der Waals surface area contributed by atoms with Crippen LogP contribution in [0.4, 0.5) is 0 Å². The van der Waals surface area contributed by atoms with Gasteiger partial charge in [-0.1, -0.05) is 6.07 Å². The van der Waals surface area contributed by atoms with Crippen LogP contribution in [-0.4, -0.2) is 56.0 Å². The Kier molecular flexibility index (Phi) is 6.04. The maximum atomic E-state index is 12.5. The molecule has 0 spiro atoms. The number of carbonyl (C=O) groups is 2. The van der Waals surface area contributed by atoms with E-state index in [1.807, 2.05) is 30.9 Å². The molecule has 2 aliphatic rings. The molecule has 2 aliphatic heterocycles. The zero-order chi connectivity index (χ0) is 21.1. The smallest absolute Gasteiger partial charge is 0.251 e. The summed E-state index contributed by atoms with van der Waals surface area (Å²) in [6, 6.07) is 12.1. The molecule has 0 radical (unpaired) electrons. The average molecular weight is 409 g/mol. The summed E-state index contributed by atoms with van der Waals surface area (Å²) < 4.78 is 5.58. The van der Waals surface area contributed by atoms with Crippen LogP contribution < -0.4 is 15.0 Å². The van der Waals surface area contributed by atoms with Gasteiger partial charge in [-0.25, -0.2) is 0 Å². The van der Waals surface area contributed by atoms with Crippen LogP contribution in [0.2, 0.25) is 0 Å². The van der Waals surface area contributed by atoms with E-state index in [0.717, 1.165) is 62.6 Å². The fourth-order valence-corrected chi connectivity index (χ4v) is 4.14. The molecule has 158 valence electrons. The highest BCUT2D eigenvalue weighted by Gasteiger charge is 2.24. The molecule has 0 aliphatic carbocycles. The first-order chi connectivity index (χ1) is 14.5. The van der Waals surface area contributed by atoms with Gasteiger partial charge in [-0.2, -0.15) is 0 Å². The largest absolute Gasteiger partial charge is 0.493 e. The van der Waals surface area contributed by atoms with E-state index in [1.54, 1.807) is 6.07 Å². The summed E-state index contributed by atoms with van der Waals surface area (Å²) in [5.74, 6) is 0.809. The second-order valence-electron chi connectivity index (χ2n) is 8.33. The summed E-state index contributed by atoms with van der Waals surface area (Å²) in [6.45, 7) is 9.09. The van der Waals surface area contributed by atoms with Crippen LogP contribution in [0.3, 0.4) is 0 Å². The summed E-state index contributed by atoms with van der Waals surface area (Å²) in [5, 5.41) is 2.77. The van der Waals surface area contributed by atoms with Gasteiger partial charge in [0, 0.05) is 17.5 Å². The molecular formula is C24H30N3O3+. The van der Waals surface area contributed by atoms with E-state index in [9.17, 15) is 9.59 Å². The summed E-state index contributed by atoms with van der Waals surface area (Å²) in [6.07, 6.45) is 0.995. The second kappa shape index (κ2) is 8.88. The van der Waals surface area contributed by atoms with Crippen molar-refractivity contribution in [2.24, 2.45) is 0 Å². The lowest BCUT2D eigenvalue weighted by atomic mass is 10.1. The van der Waals surface area contributed by atoms with Crippen LogP contribution >= 0.6 is 0 Å². The predicted octanol–water partition coefficient (Wildman–Crippen LogP) is 0.895. The monoisotopic (exact) mass is 408 g/mol. The number of nitrogens with zero attached hydrogens (tertiary/aromatic N) is 1. The van der Waals surface area contributed by atoms with Crippen molar-refractivity contribution in [1.82, 2.24) is 10.2 Å².